The Labute approximate surface area is 141 Å². The number of nitrogens with one attached hydrogen (secondary N) is 1. The van der Waals surface area contributed by atoms with Crippen LogP contribution in [0.25, 0.3) is 10.8 Å². The van der Waals surface area contributed by atoms with Crippen molar-refractivity contribution in [3.05, 3.63) is 75.2 Å². The van der Waals surface area contributed by atoms with Crippen molar-refractivity contribution in [2.45, 2.75) is 13.0 Å². The van der Waals surface area contributed by atoms with Gasteiger partial charge in [0.25, 0.3) is 0 Å². The van der Waals surface area contributed by atoms with E-state index in [1.54, 1.807) is 0 Å². The van der Waals surface area contributed by atoms with E-state index in [1.807, 2.05) is 0 Å². The molecule has 3 heteroatoms. The predicted octanol–water partition coefficient (Wildman–Crippen LogP) is 6.54. The summed E-state index contributed by atoms with van der Waals surface area (Å²) in [4.78, 5) is 0. The average molecular weight is 405 g/mol. The molecule has 0 fully saturated rings. The van der Waals surface area contributed by atoms with Crippen LogP contribution in [0.4, 0.5) is 5.69 Å². The summed E-state index contributed by atoms with van der Waals surface area (Å²) in [5.41, 5.74) is 2.38. The molecule has 3 rings (SSSR count). The highest BCUT2D eigenvalue weighted by molar-refractivity contribution is 9.11. The van der Waals surface area contributed by atoms with Gasteiger partial charge in [-0.3, -0.25) is 0 Å². The number of fused-ring (bicyclic) bond motifs is 1. The van der Waals surface area contributed by atoms with Crippen LogP contribution >= 0.6 is 31.9 Å². The molecular formula is C18H15Br2N. The molecule has 1 unspecified atom stereocenters. The Morgan fingerprint density at radius 1 is 0.857 bits per heavy atom. The van der Waals surface area contributed by atoms with Crippen molar-refractivity contribution in [3.8, 4) is 0 Å². The molecule has 0 bridgehead atoms. The fraction of sp³-hybridized carbons (Fsp3) is 0.111. The van der Waals surface area contributed by atoms with Gasteiger partial charge in [0, 0.05) is 20.7 Å². The van der Waals surface area contributed by atoms with Gasteiger partial charge in [0.1, 0.15) is 0 Å². The van der Waals surface area contributed by atoms with Crippen molar-refractivity contribution in [1.82, 2.24) is 0 Å². The van der Waals surface area contributed by atoms with Gasteiger partial charge in [-0.25, -0.2) is 0 Å². The van der Waals surface area contributed by atoms with E-state index in [9.17, 15) is 0 Å². The van der Waals surface area contributed by atoms with Crippen LogP contribution in [0.15, 0.2) is 69.6 Å². The standard InChI is InChI=1S/C18H15Br2N/c1-12(17-9-7-15(19)11-18(17)20)21-16-8-6-13-4-2-3-5-14(13)10-16/h2-12,21H,1H3. The monoisotopic (exact) mass is 403 g/mol. The zero-order valence-corrected chi connectivity index (χ0v) is 14.8. The van der Waals surface area contributed by atoms with Crippen LogP contribution in [-0.2, 0) is 0 Å². The van der Waals surface area contributed by atoms with E-state index < -0.39 is 0 Å². The number of halogens is 2. The Bertz CT molecular complexity index is 783. The second kappa shape index (κ2) is 6.20. The Balaban J connectivity index is 1.87. The Morgan fingerprint density at radius 2 is 1.62 bits per heavy atom. The molecule has 0 amide bonds. The van der Waals surface area contributed by atoms with Crippen LogP contribution < -0.4 is 5.32 Å². The average Bonchev–Trinajstić information content (AvgIpc) is 2.47. The van der Waals surface area contributed by atoms with Crippen molar-refractivity contribution in [2.24, 2.45) is 0 Å². The van der Waals surface area contributed by atoms with Gasteiger partial charge in [-0.2, -0.15) is 0 Å². The number of rotatable bonds is 3. The summed E-state index contributed by atoms with van der Waals surface area (Å²) in [6.45, 7) is 2.17. The largest absolute Gasteiger partial charge is 0.378 e. The van der Waals surface area contributed by atoms with Crippen LogP contribution in [0.5, 0.6) is 0 Å². The first-order valence-corrected chi connectivity index (χ1v) is 8.42. The molecule has 21 heavy (non-hydrogen) atoms. The lowest BCUT2D eigenvalue weighted by Gasteiger charge is -2.18. The van der Waals surface area contributed by atoms with Crippen LogP contribution in [0, 0.1) is 0 Å². The molecular weight excluding hydrogens is 390 g/mol. The molecule has 1 nitrogen and oxygen atoms in total. The van der Waals surface area contributed by atoms with E-state index in [0.29, 0.717) is 0 Å². The van der Waals surface area contributed by atoms with Gasteiger partial charge in [-0.05, 0) is 47.5 Å². The number of hydrogen-bond acceptors (Lipinski definition) is 1. The number of benzene rings is 3. The molecule has 0 aliphatic carbocycles. The highest BCUT2D eigenvalue weighted by Gasteiger charge is 2.09. The molecule has 106 valence electrons. The highest BCUT2D eigenvalue weighted by atomic mass is 79.9. The van der Waals surface area contributed by atoms with Crippen molar-refractivity contribution < 1.29 is 0 Å². The summed E-state index contributed by atoms with van der Waals surface area (Å²) in [6, 6.07) is 21.4. The summed E-state index contributed by atoms with van der Waals surface area (Å²) in [7, 11) is 0. The number of hydrogen-bond donors (Lipinski definition) is 1. The van der Waals surface area contributed by atoms with Gasteiger partial charge in [0.2, 0.25) is 0 Å². The van der Waals surface area contributed by atoms with Crippen LogP contribution in [0.2, 0.25) is 0 Å². The lowest BCUT2D eigenvalue weighted by Crippen LogP contribution is -2.07. The molecule has 0 aliphatic rings. The molecule has 1 atom stereocenters. The summed E-state index contributed by atoms with van der Waals surface area (Å²) in [6.07, 6.45) is 0. The third-order valence-corrected chi connectivity index (χ3v) is 4.74. The van der Waals surface area contributed by atoms with Gasteiger partial charge >= 0.3 is 0 Å². The van der Waals surface area contributed by atoms with Gasteiger partial charge < -0.3 is 5.32 Å². The topological polar surface area (TPSA) is 12.0 Å². The molecule has 0 spiro atoms. The van der Waals surface area contributed by atoms with E-state index in [2.05, 4.69) is 105 Å². The van der Waals surface area contributed by atoms with Gasteiger partial charge in [0.05, 0.1) is 0 Å². The first-order valence-electron chi connectivity index (χ1n) is 6.84. The smallest absolute Gasteiger partial charge is 0.0496 e. The summed E-state index contributed by atoms with van der Waals surface area (Å²) >= 11 is 7.12. The maximum Gasteiger partial charge on any atom is 0.0496 e. The fourth-order valence-electron chi connectivity index (χ4n) is 2.46. The SMILES string of the molecule is CC(Nc1ccc2ccccc2c1)c1ccc(Br)cc1Br. The Morgan fingerprint density at radius 3 is 2.38 bits per heavy atom. The summed E-state index contributed by atoms with van der Waals surface area (Å²) in [5.74, 6) is 0. The summed E-state index contributed by atoms with van der Waals surface area (Å²) in [5, 5.41) is 6.08. The lowest BCUT2D eigenvalue weighted by atomic mass is 10.1. The van der Waals surface area contributed by atoms with E-state index in [0.717, 1.165) is 14.6 Å². The molecule has 0 radical (unpaired) electrons. The second-order valence-electron chi connectivity index (χ2n) is 5.09. The van der Waals surface area contributed by atoms with Gasteiger partial charge in [-0.15, -0.1) is 0 Å². The molecule has 0 aromatic heterocycles. The van der Waals surface area contributed by atoms with Gasteiger partial charge in [-0.1, -0.05) is 68.3 Å². The fourth-order valence-corrected chi connectivity index (χ4v) is 3.85. The first-order chi connectivity index (χ1) is 10.1. The van der Waals surface area contributed by atoms with E-state index in [1.165, 1.54) is 16.3 Å². The minimum Gasteiger partial charge on any atom is -0.378 e. The first kappa shape index (κ1) is 14.6. The normalized spacial score (nSPS) is 12.3. The zero-order chi connectivity index (χ0) is 14.8. The van der Waals surface area contributed by atoms with E-state index >= 15 is 0 Å². The van der Waals surface area contributed by atoms with Crippen molar-refractivity contribution in [2.75, 3.05) is 5.32 Å². The minimum absolute atomic E-state index is 0.230. The van der Waals surface area contributed by atoms with E-state index in [4.69, 9.17) is 0 Å². The van der Waals surface area contributed by atoms with Crippen molar-refractivity contribution >= 4 is 48.3 Å². The number of anilines is 1. The zero-order valence-electron chi connectivity index (χ0n) is 11.6. The molecule has 3 aromatic rings. The highest BCUT2D eigenvalue weighted by Crippen LogP contribution is 2.29. The quantitative estimate of drug-likeness (QED) is 0.522. The molecule has 0 aliphatic heterocycles. The molecule has 1 N–H and O–H groups in total. The molecule has 0 saturated carbocycles. The van der Waals surface area contributed by atoms with Crippen molar-refractivity contribution in [3.63, 3.8) is 0 Å². The Hall–Kier alpha value is -1.32. The minimum atomic E-state index is 0.230. The molecule has 0 saturated heterocycles. The third kappa shape index (κ3) is 3.30. The maximum atomic E-state index is 3.63. The second-order valence-corrected chi connectivity index (χ2v) is 6.86. The predicted molar refractivity (Wildman–Crippen MR) is 97.8 cm³/mol. The lowest BCUT2D eigenvalue weighted by molar-refractivity contribution is 0.879. The maximum absolute atomic E-state index is 3.63. The van der Waals surface area contributed by atoms with Crippen LogP contribution in [-0.4, -0.2) is 0 Å². The third-order valence-electron chi connectivity index (χ3n) is 3.56. The molecule has 3 aromatic carbocycles. The van der Waals surface area contributed by atoms with Crippen LogP contribution in [0.1, 0.15) is 18.5 Å². The van der Waals surface area contributed by atoms with Crippen molar-refractivity contribution in [1.29, 1.82) is 0 Å². The summed E-state index contributed by atoms with van der Waals surface area (Å²) < 4.78 is 2.19. The Kier molecular flexibility index (Phi) is 4.32. The van der Waals surface area contributed by atoms with E-state index in [-0.39, 0.29) is 6.04 Å². The van der Waals surface area contributed by atoms with Crippen LogP contribution in [0.3, 0.4) is 0 Å². The van der Waals surface area contributed by atoms with Gasteiger partial charge in [0.15, 0.2) is 0 Å². The molecule has 0 heterocycles.